The molecule has 1 N–H and O–H groups in total. The minimum Gasteiger partial charge on any atom is -0.494 e. The zero-order valence-corrected chi connectivity index (χ0v) is 13.4. The van der Waals surface area contributed by atoms with Gasteiger partial charge in [-0.1, -0.05) is 12.1 Å². The first-order chi connectivity index (χ1) is 11.1. The van der Waals surface area contributed by atoms with Crippen molar-refractivity contribution in [1.82, 2.24) is 4.90 Å². The second-order valence-electron chi connectivity index (χ2n) is 5.64. The van der Waals surface area contributed by atoms with Crippen LogP contribution in [0.25, 0.3) is 0 Å². The van der Waals surface area contributed by atoms with Gasteiger partial charge in [-0.25, -0.2) is 4.79 Å². The lowest BCUT2D eigenvalue weighted by atomic mass is 10.1. The normalized spacial score (nSPS) is 17.8. The fraction of sp³-hybridized carbons (Fsp3) is 0.529. The summed E-state index contributed by atoms with van der Waals surface area (Å²) in [7, 11) is 0. The van der Waals surface area contributed by atoms with Gasteiger partial charge in [0.05, 0.1) is 19.8 Å². The van der Waals surface area contributed by atoms with E-state index < -0.39 is 12.0 Å². The molecule has 1 aromatic rings. The molecule has 6 heteroatoms. The third-order valence-electron chi connectivity index (χ3n) is 3.78. The van der Waals surface area contributed by atoms with Gasteiger partial charge in [0.2, 0.25) is 5.91 Å². The van der Waals surface area contributed by atoms with Gasteiger partial charge in [0, 0.05) is 13.0 Å². The van der Waals surface area contributed by atoms with E-state index in [1.165, 1.54) is 4.90 Å². The minimum absolute atomic E-state index is 0.0670. The zero-order valence-electron chi connectivity index (χ0n) is 13.4. The average Bonchev–Trinajstić information content (AvgIpc) is 2.54. The summed E-state index contributed by atoms with van der Waals surface area (Å²) < 4.78 is 10.8. The van der Waals surface area contributed by atoms with Crippen LogP contribution in [0.1, 0.15) is 24.8 Å². The third kappa shape index (κ3) is 5.25. The molecule has 0 spiro atoms. The average molecular weight is 321 g/mol. The van der Waals surface area contributed by atoms with Crippen LogP contribution in [0.5, 0.6) is 5.75 Å². The Labute approximate surface area is 136 Å². The lowest BCUT2D eigenvalue weighted by Crippen LogP contribution is -2.52. The van der Waals surface area contributed by atoms with Crippen LogP contribution >= 0.6 is 0 Å². The third-order valence-corrected chi connectivity index (χ3v) is 3.78. The van der Waals surface area contributed by atoms with E-state index in [9.17, 15) is 9.59 Å². The number of carboxylic acids is 1. The number of benzene rings is 1. The number of carboxylic acid groups (broad SMARTS) is 1. The Bertz CT molecular complexity index is 546. The molecule has 1 saturated heterocycles. The topological polar surface area (TPSA) is 76.1 Å². The van der Waals surface area contributed by atoms with Gasteiger partial charge in [-0.05, 0) is 37.5 Å². The van der Waals surface area contributed by atoms with Crippen LogP contribution in [0.2, 0.25) is 0 Å². The lowest BCUT2D eigenvalue weighted by Gasteiger charge is -2.32. The molecule has 1 aliphatic rings. The molecule has 0 radical (unpaired) electrons. The van der Waals surface area contributed by atoms with Crippen LogP contribution < -0.4 is 4.74 Å². The van der Waals surface area contributed by atoms with Crippen molar-refractivity contribution in [3.8, 4) is 5.75 Å². The SMILES string of the molecule is Cc1cccc(OCCCCC(=O)N2CCOCC2C(=O)O)c1. The van der Waals surface area contributed by atoms with E-state index in [0.717, 1.165) is 17.7 Å². The second kappa shape index (κ2) is 8.53. The predicted molar refractivity (Wildman–Crippen MR) is 84.5 cm³/mol. The quantitative estimate of drug-likeness (QED) is 0.776. The number of nitrogens with zero attached hydrogens (tertiary/aromatic N) is 1. The highest BCUT2D eigenvalue weighted by Gasteiger charge is 2.32. The zero-order chi connectivity index (χ0) is 16.7. The Balaban J connectivity index is 1.69. The summed E-state index contributed by atoms with van der Waals surface area (Å²) >= 11 is 0. The van der Waals surface area contributed by atoms with Gasteiger partial charge in [-0.3, -0.25) is 4.79 Å². The van der Waals surface area contributed by atoms with E-state index in [1.807, 2.05) is 31.2 Å². The molecule has 1 heterocycles. The summed E-state index contributed by atoms with van der Waals surface area (Å²) in [4.78, 5) is 24.7. The number of hydrogen-bond acceptors (Lipinski definition) is 4. The van der Waals surface area contributed by atoms with E-state index in [-0.39, 0.29) is 12.5 Å². The number of aliphatic carboxylic acids is 1. The highest BCUT2D eigenvalue weighted by Crippen LogP contribution is 2.14. The first-order valence-corrected chi connectivity index (χ1v) is 7.87. The van der Waals surface area contributed by atoms with Gasteiger partial charge < -0.3 is 19.5 Å². The maximum atomic E-state index is 12.2. The molecule has 2 rings (SSSR count). The van der Waals surface area contributed by atoms with Crippen molar-refractivity contribution in [3.63, 3.8) is 0 Å². The van der Waals surface area contributed by atoms with Crippen LogP contribution in [-0.2, 0) is 14.3 Å². The standard InChI is InChI=1S/C17H23NO5/c1-13-5-4-6-14(11-13)23-9-3-2-7-16(19)18-8-10-22-12-15(18)17(20)21/h4-6,11,15H,2-3,7-10,12H2,1H3,(H,20,21). The Kier molecular flexibility index (Phi) is 6.40. The number of morpholine rings is 1. The second-order valence-corrected chi connectivity index (χ2v) is 5.64. The lowest BCUT2D eigenvalue weighted by molar-refractivity contribution is -0.158. The fourth-order valence-electron chi connectivity index (χ4n) is 2.52. The Morgan fingerprint density at radius 3 is 2.96 bits per heavy atom. The molecular formula is C17H23NO5. The van der Waals surface area contributed by atoms with Crippen LogP contribution in [0.15, 0.2) is 24.3 Å². The number of aryl methyl sites for hydroxylation is 1. The molecule has 1 amide bonds. The van der Waals surface area contributed by atoms with Crippen LogP contribution in [0, 0.1) is 6.92 Å². The summed E-state index contributed by atoms with van der Waals surface area (Å²) in [6, 6.07) is 6.96. The van der Waals surface area contributed by atoms with Gasteiger partial charge >= 0.3 is 5.97 Å². The van der Waals surface area contributed by atoms with Crippen LogP contribution in [0.3, 0.4) is 0 Å². The van der Waals surface area contributed by atoms with Gasteiger partial charge in [-0.15, -0.1) is 0 Å². The van der Waals surface area contributed by atoms with Gasteiger partial charge in [0.1, 0.15) is 5.75 Å². The van der Waals surface area contributed by atoms with Gasteiger partial charge in [0.25, 0.3) is 0 Å². The van der Waals surface area contributed by atoms with Crippen molar-refractivity contribution in [2.24, 2.45) is 0 Å². The largest absolute Gasteiger partial charge is 0.494 e. The van der Waals surface area contributed by atoms with E-state index >= 15 is 0 Å². The van der Waals surface area contributed by atoms with Crippen LogP contribution in [-0.4, -0.2) is 54.3 Å². The highest BCUT2D eigenvalue weighted by atomic mass is 16.5. The number of hydrogen-bond donors (Lipinski definition) is 1. The highest BCUT2D eigenvalue weighted by molar-refractivity contribution is 5.83. The number of carbonyl (C=O) groups is 2. The predicted octanol–water partition coefficient (Wildman–Crippen LogP) is 1.86. The van der Waals surface area contributed by atoms with Crippen molar-refractivity contribution in [2.75, 3.05) is 26.4 Å². The van der Waals surface area contributed by atoms with E-state index in [2.05, 4.69) is 0 Å². The molecule has 1 unspecified atom stereocenters. The summed E-state index contributed by atoms with van der Waals surface area (Å²) in [5, 5.41) is 9.12. The Morgan fingerprint density at radius 2 is 2.22 bits per heavy atom. The molecule has 1 aliphatic heterocycles. The van der Waals surface area contributed by atoms with Crippen molar-refractivity contribution < 1.29 is 24.2 Å². The van der Waals surface area contributed by atoms with E-state index in [4.69, 9.17) is 14.6 Å². The molecule has 1 atom stereocenters. The first kappa shape index (κ1) is 17.3. The Hall–Kier alpha value is -2.08. The summed E-state index contributed by atoms with van der Waals surface area (Å²) in [5.41, 5.74) is 1.14. The molecule has 1 fully saturated rings. The van der Waals surface area contributed by atoms with Gasteiger partial charge in [0.15, 0.2) is 6.04 Å². The smallest absolute Gasteiger partial charge is 0.328 e. The molecule has 1 aromatic carbocycles. The van der Waals surface area contributed by atoms with Crippen molar-refractivity contribution in [3.05, 3.63) is 29.8 Å². The molecule has 126 valence electrons. The van der Waals surface area contributed by atoms with Crippen molar-refractivity contribution in [2.45, 2.75) is 32.2 Å². The van der Waals surface area contributed by atoms with E-state index in [0.29, 0.717) is 32.6 Å². The van der Waals surface area contributed by atoms with Crippen LogP contribution in [0.4, 0.5) is 0 Å². The molecule has 0 saturated carbocycles. The fourth-order valence-corrected chi connectivity index (χ4v) is 2.52. The number of amides is 1. The number of ether oxygens (including phenoxy) is 2. The molecule has 0 aromatic heterocycles. The minimum atomic E-state index is -1.01. The number of carbonyl (C=O) groups excluding carboxylic acids is 1. The molecule has 6 nitrogen and oxygen atoms in total. The summed E-state index contributed by atoms with van der Waals surface area (Å²) in [6.07, 6.45) is 1.76. The number of rotatable bonds is 7. The van der Waals surface area contributed by atoms with Crippen molar-refractivity contribution >= 4 is 11.9 Å². The molecule has 0 aliphatic carbocycles. The molecule has 0 bridgehead atoms. The van der Waals surface area contributed by atoms with Gasteiger partial charge in [-0.2, -0.15) is 0 Å². The summed E-state index contributed by atoms with van der Waals surface area (Å²) in [5.74, 6) is -0.312. The molecular weight excluding hydrogens is 298 g/mol. The summed E-state index contributed by atoms with van der Waals surface area (Å²) in [6.45, 7) is 3.36. The maximum Gasteiger partial charge on any atom is 0.328 e. The Morgan fingerprint density at radius 1 is 1.39 bits per heavy atom. The van der Waals surface area contributed by atoms with E-state index in [1.54, 1.807) is 0 Å². The van der Waals surface area contributed by atoms with Crippen molar-refractivity contribution in [1.29, 1.82) is 0 Å². The monoisotopic (exact) mass is 321 g/mol. The molecule has 23 heavy (non-hydrogen) atoms. The first-order valence-electron chi connectivity index (χ1n) is 7.87. The number of unbranched alkanes of at least 4 members (excludes halogenated alkanes) is 1. The maximum absolute atomic E-state index is 12.2.